The molecule has 5 heteroatoms. The van der Waals surface area contributed by atoms with Gasteiger partial charge in [0.05, 0.1) is 33.0 Å². The third-order valence-electron chi connectivity index (χ3n) is 18.3. The number of nitrogens with zero attached hydrogens (tertiary/aromatic N) is 4. The van der Waals surface area contributed by atoms with Crippen molar-refractivity contribution in [3.05, 3.63) is 259 Å². The molecule has 0 bridgehead atoms. The van der Waals surface area contributed by atoms with Crippen LogP contribution in [0.15, 0.2) is 236 Å². The number of benzene rings is 11. The highest BCUT2D eigenvalue weighted by atomic mass is 15.2. The summed E-state index contributed by atoms with van der Waals surface area (Å²) in [5, 5.41) is 2.40. The molecule has 15 rings (SSSR count). The monoisotopic (exact) mass is 1130 g/mol. The molecule has 2 aliphatic heterocycles. The van der Waals surface area contributed by atoms with Gasteiger partial charge >= 0.3 is 0 Å². The van der Waals surface area contributed by atoms with E-state index >= 15 is 0 Å². The van der Waals surface area contributed by atoms with Crippen LogP contribution in [0, 0.1) is 0 Å². The minimum absolute atomic E-state index is 0.0313. The van der Waals surface area contributed by atoms with Crippen molar-refractivity contribution in [1.82, 2.24) is 9.13 Å². The Morgan fingerprint density at radius 2 is 0.713 bits per heavy atom. The van der Waals surface area contributed by atoms with Crippen molar-refractivity contribution in [3.8, 4) is 33.6 Å². The summed E-state index contributed by atoms with van der Waals surface area (Å²) < 4.78 is 77.6. The van der Waals surface area contributed by atoms with E-state index in [-0.39, 0.29) is 74.3 Å². The third kappa shape index (κ3) is 8.94. The average molecular weight is 1140 g/mol. The molecule has 87 heavy (non-hydrogen) atoms. The lowest BCUT2D eigenvalue weighted by molar-refractivity contribution is 0.568. The Bertz CT molecular complexity index is 5230. The predicted octanol–water partition coefficient (Wildman–Crippen LogP) is 20.5. The average Bonchev–Trinajstić information content (AvgIpc) is 1.66. The Kier molecular flexibility index (Phi) is 10.4. The van der Waals surface area contributed by atoms with Crippen molar-refractivity contribution in [2.24, 2.45) is 0 Å². The second kappa shape index (κ2) is 19.6. The van der Waals surface area contributed by atoms with E-state index in [0.717, 1.165) is 83.9 Å². The molecule has 0 amide bonds. The summed E-state index contributed by atoms with van der Waals surface area (Å²) in [6.45, 7) is 26.9. The smallest absolute Gasteiger partial charge is 0.252 e. The molecule has 0 saturated heterocycles. The van der Waals surface area contributed by atoms with Crippen LogP contribution in [0.25, 0.3) is 77.2 Å². The van der Waals surface area contributed by atoms with Gasteiger partial charge < -0.3 is 18.9 Å². The van der Waals surface area contributed by atoms with Crippen molar-refractivity contribution >= 4 is 101 Å². The largest absolute Gasteiger partial charge is 0.311 e. The molecule has 0 N–H and O–H groups in total. The number of aromatic nitrogens is 2. The van der Waals surface area contributed by atoms with Crippen molar-refractivity contribution in [2.75, 3.05) is 9.80 Å². The molecule has 0 unspecified atom stereocenters. The van der Waals surface area contributed by atoms with Crippen LogP contribution in [0.2, 0.25) is 0 Å². The first kappa shape index (κ1) is 46.0. The van der Waals surface area contributed by atoms with Crippen molar-refractivity contribution < 1.29 is 11.0 Å². The van der Waals surface area contributed by atoms with Crippen LogP contribution >= 0.6 is 0 Å². The number of anilines is 6. The van der Waals surface area contributed by atoms with Gasteiger partial charge in [0.1, 0.15) is 0 Å². The van der Waals surface area contributed by atoms with Gasteiger partial charge in [-0.05, 0) is 167 Å². The molecule has 0 atom stereocenters. The fraction of sp³-hybridized carbons (Fsp3) is 0.195. The number of hydrogen-bond acceptors (Lipinski definition) is 2. The highest BCUT2D eigenvalue weighted by Crippen LogP contribution is 2.48. The Labute approximate surface area is 525 Å². The van der Waals surface area contributed by atoms with Crippen molar-refractivity contribution in [1.29, 1.82) is 0 Å². The molecule has 0 saturated carbocycles. The molecule has 426 valence electrons. The van der Waals surface area contributed by atoms with Gasteiger partial charge in [0, 0.05) is 67.0 Å². The van der Waals surface area contributed by atoms with E-state index in [1.807, 2.05) is 12.1 Å². The summed E-state index contributed by atoms with van der Waals surface area (Å²) in [7, 11) is 0. The molecular weight excluding hydrogens is 1050 g/mol. The fourth-order valence-electron chi connectivity index (χ4n) is 13.6. The lowest BCUT2D eigenvalue weighted by Crippen LogP contribution is -2.61. The number of para-hydroxylation sites is 4. The van der Waals surface area contributed by atoms with Gasteiger partial charge in [0.2, 0.25) is 0 Å². The van der Waals surface area contributed by atoms with E-state index in [9.17, 15) is 5.48 Å². The van der Waals surface area contributed by atoms with Crippen LogP contribution < -0.4 is 26.2 Å². The van der Waals surface area contributed by atoms with Gasteiger partial charge in [-0.1, -0.05) is 235 Å². The van der Waals surface area contributed by atoms with Crippen LogP contribution in [0.4, 0.5) is 34.1 Å². The van der Waals surface area contributed by atoms with Crippen molar-refractivity contribution in [2.45, 2.75) is 105 Å². The lowest BCUT2D eigenvalue weighted by Gasteiger charge is -2.44. The summed E-state index contributed by atoms with van der Waals surface area (Å²) in [4.78, 5) is 4.76. The Morgan fingerprint density at radius 1 is 0.299 bits per heavy atom. The fourth-order valence-corrected chi connectivity index (χ4v) is 13.6. The molecule has 11 aromatic carbocycles. The normalized spacial score (nSPS) is 14.7. The standard InChI is InChI=1S/C82H75BN4/c1-79(2,3)56-43-54(44-57(48-56)80(4,5)6)52-35-37-60(38-36-52)84-74-33-22-34-75-78(74)83(68-41-39-62(50-76(68)84)85-70-29-17-13-25-64(70)65-26-14-18-30-71(65)85)69-42-40-63(86-72-31-19-15-27-66(72)67-28-16-20-32-73(67)86)51-77(69)87(75)61-24-21-23-53(47-61)55-45-58(81(7,8)9)49-59(46-55)82(10,11)12/h13-51H,1-12H3/i15D,16D,19D,20D,27D,28D,31D,32D. The first-order chi connectivity index (χ1) is 45.0. The van der Waals surface area contributed by atoms with Crippen LogP contribution in [0.5, 0.6) is 0 Å². The zero-order chi connectivity index (χ0) is 67.0. The summed E-state index contributed by atoms with van der Waals surface area (Å²) in [5.41, 5.74) is 21.7. The first-order valence-electron chi connectivity index (χ1n) is 34.5. The number of rotatable bonds is 6. The number of hydrogen-bond donors (Lipinski definition) is 0. The molecule has 0 fully saturated rings. The minimum Gasteiger partial charge on any atom is -0.311 e. The van der Waals surface area contributed by atoms with Crippen molar-refractivity contribution in [3.63, 3.8) is 0 Å². The molecule has 4 heterocycles. The van der Waals surface area contributed by atoms with Gasteiger partial charge in [0.25, 0.3) is 6.71 Å². The van der Waals surface area contributed by atoms with E-state index in [2.05, 4.69) is 273 Å². The van der Waals surface area contributed by atoms with Gasteiger partial charge in [-0.2, -0.15) is 0 Å². The summed E-state index contributed by atoms with van der Waals surface area (Å²) >= 11 is 0. The second-order valence-electron chi connectivity index (χ2n) is 28.1. The topological polar surface area (TPSA) is 16.3 Å². The Balaban J connectivity index is 1.02. The Morgan fingerprint density at radius 3 is 1.20 bits per heavy atom. The lowest BCUT2D eigenvalue weighted by atomic mass is 9.33. The van der Waals surface area contributed by atoms with Gasteiger partial charge in [-0.3, -0.25) is 0 Å². The van der Waals surface area contributed by atoms with E-state index in [0.29, 0.717) is 5.69 Å². The quantitative estimate of drug-likeness (QED) is 0.154. The molecular formula is C82H75BN4. The highest BCUT2D eigenvalue weighted by molar-refractivity contribution is 7.00. The minimum atomic E-state index is -0.483. The maximum Gasteiger partial charge on any atom is 0.252 e. The van der Waals surface area contributed by atoms with Crippen LogP contribution in [0.1, 0.15) is 116 Å². The summed E-state index contributed by atoms with van der Waals surface area (Å²) in [6, 6.07) is 65.3. The SMILES string of the molecule is [2H]c1c([2H])c([2H])c2c(c1[2H])c1c([2H])c([2H])c([2H])c([2H])c1n2-c1ccc2c(c1)N(c1cccc(-c3cc(C(C)(C)C)cc(C(C)(C)C)c3)c1)c1cccc3c1B2c1ccc(-n2c4ccccc4c4ccccc42)cc1N3c1ccc(-c2cc(C(C)(C)C)cc(C(C)(C)C)c2)cc1. The molecule has 4 nitrogen and oxygen atoms in total. The molecule has 2 aromatic heterocycles. The first-order valence-corrected chi connectivity index (χ1v) is 30.5. The predicted molar refractivity (Wildman–Crippen MR) is 375 cm³/mol. The maximum atomic E-state index is 9.56. The van der Waals surface area contributed by atoms with E-state index in [1.165, 1.54) is 38.6 Å². The Hall–Kier alpha value is -9.32. The van der Waals surface area contributed by atoms with Crippen LogP contribution in [0.3, 0.4) is 0 Å². The summed E-state index contributed by atoms with van der Waals surface area (Å²) in [5.74, 6) is 0. The molecule has 0 aliphatic carbocycles. The maximum absolute atomic E-state index is 9.56. The zero-order valence-electron chi connectivity index (χ0n) is 59.8. The molecule has 0 spiro atoms. The van der Waals surface area contributed by atoms with E-state index < -0.39 is 24.2 Å². The molecule has 13 aromatic rings. The van der Waals surface area contributed by atoms with Gasteiger partial charge in [0.15, 0.2) is 0 Å². The van der Waals surface area contributed by atoms with E-state index in [4.69, 9.17) is 5.48 Å². The third-order valence-corrected chi connectivity index (χ3v) is 18.3. The zero-order valence-corrected chi connectivity index (χ0v) is 51.8. The van der Waals surface area contributed by atoms with Crippen LogP contribution in [-0.4, -0.2) is 15.8 Å². The van der Waals surface area contributed by atoms with Crippen LogP contribution in [-0.2, 0) is 21.7 Å². The van der Waals surface area contributed by atoms with E-state index in [1.54, 1.807) is 4.57 Å². The second-order valence-corrected chi connectivity index (χ2v) is 28.1. The molecule has 0 radical (unpaired) electrons. The van der Waals surface area contributed by atoms with Gasteiger partial charge in [-0.25, -0.2) is 0 Å². The number of fused-ring (bicyclic) bond motifs is 10. The molecule has 2 aliphatic rings. The van der Waals surface area contributed by atoms with Gasteiger partial charge in [-0.15, -0.1) is 0 Å². The summed E-state index contributed by atoms with van der Waals surface area (Å²) in [6.07, 6.45) is 0. The highest BCUT2D eigenvalue weighted by Gasteiger charge is 2.44.